The number of aryl methyl sites for hydroxylation is 1. The maximum absolute atomic E-state index is 6.31. The van der Waals surface area contributed by atoms with Crippen molar-refractivity contribution >= 4 is 16.6 Å². The maximum Gasteiger partial charge on any atom is 0.158 e. The topological polar surface area (TPSA) is 58.5 Å². The third kappa shape index (κ3) is 4.24. The quantitative estimate of drug-likeness (QED) is 0.407. The Morgan fingerprint density at radius 3 is 2.64 bits per heavy atom. The standard InChI is InChI=1S/C27H35N5O/c1-17(2)25-23-13-22(33-15-20-8-10-31(11-9-20)18(3)4)6-7-24(23)30-26(25)21-12-19(5)27-28-16-29-32(27)14-21/h6-7,12-14,16-18,20,30H,8-11,15H2,1-5H3. The smallest absolute Gasteiger partial charge is 0.158 e. The number of hydrogen-bond donors (Lipinski definition) is 1. The number of nitrogens with zero attached hydrogens (tertiary/aromatic N) is 4. The molecule has 0 amide bonds. The van der Waals surface area contributed by atoms with Crippen LogP contribution >= 0.6 is 0 Å². The van der Waals surface area contributed by atoms with E-state index in [9.17, 15) is 0 Å². The molecule has 1 aliphatic rings. The number of likely N-dealkylation sites (tertiary alicyclic amines) is 1. The number of rotatable bonds is 6. The Morgan fingerprint density at radius 1 is 1.12 bits per heavy atom. The second kappa shape index (κ2) is 8.82. The van der Waals surface area contributed by atoms with E-state index in [1.54, 1.807) is 6.33 Å². The monoisotopic (exact) mass is 445 g/mol. The third-order valence-electron chi connectivity index (χ3n) is 7.10. The van der Waals surface area contributed by atoms with Crippen molar-refractivity contribution in [3.63, 3.8) is 0 Å². The van der Waals surface area contributed by atoms with E-state index in [1.165, 1.54) is 36.9 Å². The zero-order valence-electron chi connectivity index (χ0n) is 20.4. The number of benzene rings is 1. The highest BCUT2D eigenvalue weighted by Crippen LogP contribution is 2.37. The van der Waals surface area contributed by atoms with Gasteiger partial charge in [0, 0.05) is 28.7 Å². The van der Waals surface area contributed by atoms with Crippen LogP contribution in [0, 0.1) is 12.8 Å². The van der Waals surface area contributed by atoms with Crippen LogP contribution in [0.4, 0.5) is 0 Å². The molecular formula is C27H35N5O. The summed E-state index contributed by atoms with van der Waals surface area (Å²) >= 11 is 0. The van der Waals surface area contributed by atoms with Gasteiger partial charge in [-0.3, -0.25) is 0 Å². The van der Waals surface area contributed by atoms with Crippen molar-refractivity contribution in [3.8, 4) is 17.0 Å². The van der Waals surface area contributed by atoms with E-state index in [-0.39, 0.29) is 0 Å². The molecule has 0 aliphatic carbocycles. The summed E-state index contributed by atoms with van der Waals surface area (Å²) < 4.78 is 8.17. The molecule has 1 aromatic carbocycles. The number of aromatic nitrogens is 4. The molecule has 6 nitrogen and oxygen atoms in total. The Balaban J connectivity index is 1.41. The molecule has 174 valence electrons. The Morgan fingerprint density at radius 2 is 1.91 bits per heavy atom. The maximum atomic E-state index is 6.31. The molecule has 0 spiro atoms. The first-order chi connectivity index (χ1) is 15.9. The van der Waals surface area contributed by atoms with Gasteiger partial charge in [-0.1, -0.05) is 13.8 Å². The highest BCUT2D eigenvalue weighted by Gasteiger charge is 2.22. The molecular weight excluding hydrogens is 410 g/mol. The normalized spacial score (nSPS) is 16.0. The van der Waals surface area contributed by atoms with Crippen molar-refractivity contribution in [2.45, 2.75) is 59.4 Å². The van der Waals surface area contributed by atoms with E-state index in [4.69, 9.17) is 4.74 Å². The number of H-pyrrole nitrogens is 1. The molecule has 1 aliphatic heterocycles. The van der Waals surface area contributed by atoms with E-state index in [1.807, 2.05) is 4.52 Å². The fourth-order valence-electron chi connectivity index (χ4n) is 5.19. The van der Waals surface area contributed by atoms with Gasteiger partial charge in [-0.15, -0.1) is 0 Å². The molecule has 0 atom stereocenters. The molecule has 6 heteroatoms. The molecule has 4 heterocycles. The van der Waals surface area contributed by atoms with E-state index >= 15 is 0 Å². The van der Waals surface area contributed by atoms with Crippen molar-refractivity contribution in [2.24, 2.45) is 5.92 Å². The summed E-state index contributed by atoms with van der Waals surface area (Å²) in [5, 5.41) is 5.60. The average molecular weight is 446 g/mol. The second-order valence-electron chi connectivity index (χ2n) is 10.1. The lowest BCUT2D eigenvalue weighted by Gasteiger charge is -2.34. The molecule has 0 radical (unpaired) electrons. The van der Waals surface area contributed by atoms with Crippen LogP contribution in [0.15, 0.2) is 36.8 Å². The fraction of sp³-hybridized carbons (Fsp3) is 0.481. The average Bonchev–Trinajstić information content (AvgIpc) is 3.42. The van der Waals surface area contributed by atoms with Gasteiger partial charge in [0.25, 0.3) is 0 Å². The van der Waals surface area contributed by atoms with Gasteiger partial charge in [0.15, 0.2) is 5.65 Å². The first-order valence-corrected chi connectivity index (χ1v) is 12.2. The minimum Gasteiger partial charge on any atom is -0.493 e. The van der Waals surface area contributed by atoms with Crippen LogP contribution < -0.4 is 4.74 Å². The molecule has 1 fully saturated rings. The highest BCUT2D eigenvalue weighted by atomic mass is 16.5. The molecule has 0 saturated carbocycles. The van der Waals surface area contributed by atoms with E-state index in [0.29, 0.717) is 17.9 Å². The predicted molar refractivity (Wildman–Crippen MR) is 134 cm³/mol. The summed E-state index contributed by atoms with van der Waals surface area (Å²) in [4.78, 5) is 10.6. The Labute approximate surface area is 196 Å². The number of hydrogen-bond acceptors (Lipinski definition) is 4. The van der Waals surface area contributed by atoms with Crippen LogP contribution in [0.3, 0.4) is 0 Å². The highest BCUT2D eigenvalue weighted by molar-refractivity contribution is 5.92. The number of aromatic amines is 1. The van der Waals surface area contributed by atoms with Crippen LogP contribution in [0.2, 0.25) is 0 Å². The van der Waals surface area contributed by atoms with Gasteiger partial charge in [0.05, 0.1) is 12.3 Å². The number of pyridine rings is 1. The first kappa shape index (κ1) is 22.0. The molecule has 33 heavy (non-hydrogen) atoms. The van der Waals surface area contributed by atoms with E-state index in [2.05, 4.69) is 85.0 Å². The number of nitrogens with one attached hydrogen (secondary N) is 1. The molecule has 1 saturated heterocycles. The van der Waals surface area contributed by atoms with E-state index in [0.717, 1.165) is 40.3 Å². The molecule has 0 unspecified atom stereocenters. The number of fused-ring (bicyclic) bond motifs is 2. The van der Waals surface area contributed by atoms with Crippen LogP contribution in [0.1, 0.15) is 57.6 Å². The molecule has 1 N–H and O–H groups in total. The van der Waals surface area contributed by atoms with Crippen molar-refractivity contribution < 1.29 is 4.74 Å². The largest absolute Gasteiger partial charge is 0.493 e. The Kier molecular flexibility index (Phi) is 5.87. The zero-order chi connectivity index (χ0) is 23.1. The molecule has 3 aromatic heterocycles. The van der Waals surface area contributed by atoms with Gasteiger partial charge < -0.3 is 14.6 Å². The molecule has 0 bridgehead atoms. The summed E-state index contributed by atoms with van der Waals surface area (Å²) in [6, 6.07) is 9.31. The summed E-state index contributed by atoms with van der Waals surface area (Å²) in [6.45, 7) is 14.3. The van der Waals surface area contributed by atoms with Gasteiger partial charge in [0.1, 0.15) is 12.1 Å². The minimum atomic E-state index is 0.371. The first-order valence-electron chi connectivity index (χ1n) is 12.2. The van der Waals surface area contributed by atoms with Crippen LogP contribution in [0.25, 0.3) is 27.8 Å². The van der Waals surface area contributed by atoms with Gasteiger partial charge in [-0.2, -0.15) is 5.10 Å². The minimum absolute atomic E-state index is 0.371. The SMILES string of the molecule is Cc1cc(-c2[nH]c3ccc(OCC4CCN(C(C)C)CC4)cc3c2C(C)C)cn2ncnc12. The molecule has 5 rings (SSSR count). The van der Waals surface area contributed by atoms with E-state index < -0.39 is 0 Å². The van der Waals surface area contributed by atoms with Gasteiger partial charge in [0.2, 0.25) is 0 Å². The summed E-state index contributed by atoms with van der Waals surface area (Å²) in [5.41, 5.74) is 6.76. The van der Waals surface area contributed by atoms with Gasteiger partial charge in [-0.05, 0) is 93.9 Å². The lowest BCUT2D eigenvalue weighted by atomic mass is 9.96. The third-order valence-corrected chi connectivity index (χ3v) is 7.10. The van der Waals surface area contributed by atoms with Crippen LogP contribution in [-0.2, 0) is 0 Å². The van der Waals surface area contributed by atoms with Crippen LogP contribution in [0.5, 0.6) is 5.75 Å². The second-order valence-corrected chi connectivity index (χ2v) is 10.1. The Bertz CT molecular complexity index is 1260. The molecule has 4 aromatic rings. The van der Waals surface area contributed by atoms with Crippen molar-refractivity contribution in [3.05, 3.63) is 47.9 Å². The Hall–Kier alpha value is -2.86. The lowest BCUT2D eigenvalue weighted by Crippen LogP contribution is -2.39. The zero-order valence-corrected chi connectivity index (χ0v) is 20.4. The van der Waals surface area contributed by atoms with Gasteiger partial charge in [-0.25, -0.2) is 9.50 Å². The van der Waals surface area contributed by atoms with Crippen molar-refractivity contribution in [2.75, 3.05) is 19.7 Å². The van der Waals surface area contributed by atoms with Crippen molar-refractivity contribution in [1.82, 2.24) is 24.5 Å². The number of piperidine rings is 1. The summed E-state index contributed by atoms with van der Waals surface area (Å²) in [7, 11) is 0. The van der Waals surface area contributed by atoms with Crippen molar-refractivity contribution in [1.29, 1.82) is 0 Å². The van der Waals surface area contributed by atoms with Gasteiger partial charge >= 0.3 is 0 Å². The fourth-order valence-corrected chi connectivity index (χ4v) is 5.19. The van der Waals surface area contributed by atoms with Crippen LogP contribution in [-0.4, -0.2) is 50.2 Å². The lowest BCUT2D eigenvalue weighted by molar-refractivity contribution is 0.119. The predicted octanol–water partition coefficient (Wildman–Crippen LogP) is 5.81. The number of ether oxygens (including phenoxy) is 1. The summed E-state index contributed by atoms with van der Waals surface area (Å²) in [5.74, 6) is 1.97. The summed E-state index contributed by atoms with van der Waals surface area (Å²) in [6.07, 6.45) is 6.11.